The summed E-state index contributed by atoms with van der Waals surface area (Å²) in [5.41, 5.74) is 2.58. The number of nitrogens with one attached hydrogen (secondary N) is 3. The lowest BCUT2D eigenvalue weighted by Crippen LogP contribution is -2.34. The van der Waals surface area contributed by atoms with E-state index in [2.05, 4.69) is 16.0 Å². The van der Waals surface area contributed by atoms with E-state index < -0.39 is 17.9 Å². The molecule has 8 nitrogen and oxygen atoms in total. The van der Waals surface area contributed by atoms with Crippen molar-refractivity contribution in [2.45, 2.75) is 13.3 Å². The normalized spacial score (nSPS) is 15.8. The van der Waals surface area contributed by atoms with Crippen LogP contribution in [-0.2, 0) is 4.79 Å². The number of amides is 4. The number of carboxylic acid groups (broad SMARTS) is 1. The molecule has 0 saturated carbocycles. The second kappa shape index (κ2) is 8.43. The first kappa shape index (κ1) is 19.2. The Labute approximate surface area is 162 Å². The number of likely N-dealkylation sites (tertiary alicyclic amines) is 1. The Kier molecular flexibility index (Phi) is 5.78. The Morgan fingerprint density at radius 2 is 1.71 bits per heavy atom. The van der Waals surface area contributed by atoms with Crippen LogP contribution in [0.5, 0.6) is 0 Å². The van der Waals surface area contributed by atoms with Crippen LogP contribution < -0.4 is 16.0 Å². The highest BCUT2D eigenvalue weighted by atomic mass is 16.4. The van der Waals surface area contributed by atoms with Crippen LogP contribution in [-0.4, -0.2) is 41.1 Å². The molecule has 1 unspecified atom stereocenters. The second-order valence-electron chi connectivity index (χ2n) is 6.67. The third-order valence-corrected chi connectivity index (χ3v) is 4.59. The summed E-state index contributed by atoms with van der Waals surface area (Å²) < 4.78 is 0. The molecule has 0 radical (unpaired) electrons. The van der Waals surface area contributed by atoms with Gasteiger partial charge in [-0.25, -0.2) is 9.59 Å². The summed E-state index contributed by atoms with van der Waals surface area (Å²) in [6.45, 7) is 2.43. The van der Waals surface area contributed by atoms with Crippen molar-refractivity contribution in [3.63, 3.8) is 0 Å². The van der Waals surface area contributed by atoms with Crippen molar-refractivity contribution in [3.05, 3.63) is 54.1 Å². The minimum absolute atomic E-state index is 0.192. The zero-order valence-electron chi connectivity index (χ0n) is 15.4. The first-order chi connectivity index (χ1) is 13.4. The Bertz CT molecular complexity index is 885. The summed E-state index contributed by atoms with van der Waals surface area (Å²) in [7, 11) is 0. The number of aryl methyl sites for hydroxylation is 1. The maximum Gasteiger partial charge on any atom is 0.323 e. The predicted molar refractivity (Wildman–Crippen MR) is 107 cm³/mol. The van der Waals surface area contributed by atoms with Crippen molar-refractivity contribution in [2.24, 2.45) is 5.92 Å². The SMILES string of the molecule is Cc1ccc(NC(=O)Nc2ccccc2)cc1NC(=O)N1CCC(C(=O)O)C1. The summed E-state index contributed by atoms with van der Waals surface area (Å²) in [5.74, 6) is -1.41. The van der Waals surface area contributed by atoms with Gasteiger partial charge in [0.2, 0.25) is 0 Å². The van der Waals surface area contributed by atoms with E-state index in [4.69, 9.17) is 5.11 Å². The first-order valence-electron chi connectivity index (χ1n) is 8.95. The standard InChI is InChI=1S/C20H22N4O4/c1-13-7-8-16(22-19(27)21-15-5-3-2-4-6-15)11-17(13)23-20(28)24-10-9-14(12-24)18(25)26/h2-8,11,14H,9-10,12H2,1H3,(H,23,28)(H,25,26)(H2,21,22,27). The Hall–Kier alpha value is -3.55. The molecule has 146 valence electrons. The van der Waals surface area contributed by atoms with Gasteiger partial charge in [-0.1, -0.05) is 24.3 Å². The molecule has 0 bridgehead atoms. The number of aliphatic carboxylic acids is 1. The van der Waals surface area contributed by atoms with Crippen LogP contribution in [0, 0.1) is 12.8 Å². The fourth-order valence-electron chi connectivity index (χ4n) is 2.99. The molecule has 4 amide bonds. The van der Waals surface area contributed by atoms with Gasteiger partial charge in [0.25, 0.3) is 0 Å². The highest BCUT2D eigenvalue weighted by Gasteiger charge is 2.31. The van der Waals surface area contributed by atoms with E-state index in [1.54, 1.807) is 30.3 Å². The Morgan fingerprint density at radius 3 is 2.39 bits per heavy atom. The van der Waals surface area contributed by atoms with Gasteiger partial charge in [0.15, 0.2) is 0 Å². The number of nitrogens with zero attached hydrogens (tertiary/aromatic N) is 1. The minimum Gasteiger partial charge on any atom is -0.481 e. The van der Waals surface area contributed by atoms with Gasteiger partial charge in [0.05, 0.1) is 5.92 Å². The molecule has 1 heterocycles. The Balaban J connectivity index is 1.62. The molecule has 1 atom stereocenters. The van der Waals surface area contributed by atoms with E-state index in [1.165, 1.54) is 4.90 Å². The van der Waals surface area contributed by atoms with Gasteiger partial charge in [-0.3, -0.25) is 4.79 Å². The monoisotopic (exact) mass is 382 g/mol. The molecule has 0 spiro atoms. The fourth-order valence-corrected chi connectivity index (χ4v) is 2.99. The van der Waals surface area contributed by atoms with E-state index in [1.807, 2.05) is 25.1 Å². The molecule has 2 aromatic carbocycles. The van der Waals surface area contributed by atoms with Crippen molar-refractivity contribution < 1.29 is 19.5 Å². The lowest BCUT2D eigenvalue weighted by Gasteiger charge is -2.18. The lowest BCUT2D eigenvalue weighted by molar-refractivity contribution is -0.141. The molecule has 4 N–H and O–H groups in total. The van der Waals surface area contributed by atoms with Crippen LogP contribution in [0.2, 0.25) is 0 Å². The highest BCUT2D eigenvalue weighted by molar-refractivity contribution is 6.00. The third kappa shape index (κ3) is 4.79. The average Bonchev–Trinajstić information content (AvgIpc) is 3.16. The maximum absolute atomic E-state index is 12.4. The molecular weight excluding hydrogens is 360 g/mol. The van der Waals surface area contributed by atoms with Crippen LogP contribution in [0.25, 0.3) is 0 Å². The van der Waals surface area contributed by atoms with Gasteiger partial charge in [-0.2, -0.15) is 0 Å². The summed E-state index contributed by atoms with van der Waals surface area (Å²) >= 11 is 0. The summed E-state index contributed by atoms with van der Waals surface area (Å²) in [6.07, 6.45) is 0.447. The number of hydrogen-bond donors (Lipinski definition) is 4. The van der Waals surface area contributed by atoms with E-state index in [0.29, 0.717) is 30.0 Å². The molecule has 1 aliphatic heterocycles. The topological polar surface area (TPSA) is 111 Å². The number of para-hydroxylation sites is 1. The van der Waals surface area contributed by atoms with Crippen LogP contribution in [0.3, 0.4) is 0 Å². The van der Waals surface area contributed by atoms with E-state index in [-0.39, 0.29) is 12.6 Å². The number of hydrogen-bond acceptors (Lipinski definition) is 3. The first-order valence-corrected chi connectivity index (χ1v) is 8.95. The summed E-state index contributed by atoms with van der Waals surface area (Å²) in [6, 6.07) is 13.5. The molecule has 2 aromatic rings. The van der Waals surface area contributed by atoms with Crippen molar-refractivity contribution >= 4 is 35.1 Å². The predicted octanol–water partition coefficient (Wildman–Crippen LogP) is 3.58. The van der Waals surface area contributed by atoms with Crippen molar-refractivity contribution in [1.29, 1.82) is 0 Å². The number of carbonyl (C=O) groups excluding carboxylic acids is 2. The lowest BCUT2D eigenvalue weighted by atomic mass is 10.1. The molecule has 0 aliphatic carbocycles. The minimum atomic E-state index is -0.887. The molecule has 8 heteroatoms. The van der Waals surface area contributed by atoms with Gasteiger partial charge < -0.3 is 26.0 Å². The van der Waals surface area contributed by atoms with Crippen LogP contribution in [0.15, 0.2) is 48.5 Å². The molecule has 3 rings (SSSR count). The molecular formula is C20H22N4O4. The average molecular weight is 382 g/mol. The van der Waals surface area contributed by atoms with Crippen LogP contribution >= 0.6 is 0 Å². The zero-order valence-corrected chi connectivity index (χ0v) is 15.4. The van der Waals surface area contributed by atoms with E-state index in [9.17, 15) is 14.4 Å². The van der Waals surface area contributed by atoms with E-state index in [0.717, 1.165) is 5.56 Å². The van der Waals surface area contributed by atoms with Crippen molar-refractivity contribution in [1.82, 2.24) is 4.90 Å². The van der Waals surface area contributed by atoms with Crippen LogP contribution in [0.1, 0.15) is 12.0 Å². The summed E-state index contributed by atoms with van der Waals surface area (Å²) in [5, 5.41) is 17.3. The van der Waals surface area contributed by atoms with Gasteiger partial charge in [-0.15, -0.1) is 0 Å². The van der Waals surface area contributed by atoms with Gasteiger partial charge in [0, 0.05) is 30.2 Å². The molecule has 1 saturated heterocycles. The fraction of sp³-hybridized carbons (Fsp3) is 0.250. The van der Waals surface area contributed by atoms with E-state index >= 15 is 0 Å². The van der Waals surface area contributed by atoms with Crippen molar-refractivity contribution in [2.75, 3.05) is 29.0 Å². The summed E-state index contributed by atoms with van der Waals surface area (Å²) in [4.78, 5) is 37.1. The number of benzene rings is 2. The smallest absolute Gasteiger partial charge is 0.323 e. The number of urea groups is 2. The van der Waals surface area contributed by atoms with Crippen LogP contribution in [0.4, 0.5) is 26.7 Å². The third-order valence-electron chi connectivity index (χ3n) is 4.59. The molecule has 0 aromatic heterocycles. The number of anilines is 3. The molecule has 28 heavy (non-hydrogen) atoms. The maximum atomic E-state index is 12.4. The number of carbonyl (C=O) groups is 3. The molecule has 1 fully saturated rings. The second-order valence-corrected chi connectivity index (χ2v) is 6.67. The highest BCUT2D eigenvalue weighted by Crippen LogP contribution is 2.23. The number of carboxylic acids is 1. The number of rotatable bonds is 4. The Morgan fingerprint density at radius 1 is 1.00 bits per heavy atom. The van der Waals surface area contributed by atoms with Gasteiger partial charge >= 0.3 is 18.0 Å². The largest absolute Gasteiger partial charge is 0.481 e. The van der Waals surface area contributed by atoms with Crippen molar-refractivity contribution in [3.8, 4) is 0 Å². The quantitative estimate of drug-likeness (QED) is 0.648. The van der Waals surface area contributed by atoms with Gasteiger partial charge in [0.1, 0.15) is 0 Å². The van der Waals surface area contributed by atoms with Gasteiger partial charge in [-0.05, 0) is 43.2 Å². The molecule has 1 aliphatic rings. The zero-order chi connectivity index (χ0) is 20.1.